The second-order valence-corrected chi connectivity index (χ2v) is 8.59. The lowest BCUT2D eigenvalue weighted by atomic mass is 9.95. The van der Waals surface area contributed by atoms with E-state index in [2.05, 4.69) is 23.7 Å². The van der Waals surface area contributed by atoms with E-state index < -0.39 is 0 Å². The van der Waals surface area contributed by atoms with Gasteiger partial charge in [-0.2, -0.15) is 0 Å². The van der Waals surface area contributed by atoms with Gasteiger partial charge in [0.1, 0.15) is 12.4 Å². The highest BCUT2D eigenvalue weighted by Gasteiger charge is 2.35. The van der Waals surface area contributed by atoms with Crippen molar-refractivity contribution in [3.05, 3.63) is 65.4 Å². The maximum Gasteiger partial charge on any atom is 0.338 e. The van der Waals surface area contributed by atoms with Gasteiger partial charge in [0.25, 0.3) is 0 Å². The zero-order chi connectivity index (χ0) is 23.4. The maximum atomic E-state index is 13.2. The molecule has 0 amide bonds. The Morgan fingerprint density at radius 1 is 1.09 bits per heavy atom. The predicted molar refractivity (Wildman–Crippen MR) is 128 cm³/mol. The summed E-state index contributed by atoms with van der Waals surface area (Å²) in [6.07, 6.45) is 1.000. The van der Waals surface area contributed by atoms with Crippen LogP contribution >= 0.6 is 0 Å². The number of para-hydroxylation sites is 2. The van der Waals surface area contributed by atoms with Gasteiger partial charge in [0.15, 0.2) is 0 Å². The number of esters is 1. The molecule has 0 bridgehead atoms. The molecule has 174 valence electrons. The summed E-state index contributed by atoms with van der Waals surface area (Å²) in [6.45, 7) is 7.46. The highest BCUT2D eigenvalue weighted by Crippen LogP contribution is 2.39. The highest BCUT2D eigenvalue weighted by atomic mass is 16.6. The van der Waals surface area contributed by atoms with Crippen molar-refractivity contribution in [2.45, 2.75) is 33.2 Å². The first-order valence-corrected chi connectivity index (χ1v) is 11.3. The monoisotopic (exact) mass is 449 g/mol. The van der Waals surface area contributed by atoms with Crippen LogP contribution in [0.1, 0.15) is 38.8 Å². The number of fused-ring (bicyclic) bond motifs is 3. The van der Waals surface area contributed by atoms with E-state index in [1.54, 1.807) is 7.11 Å². The van der Waals surface area contributed by atoms with Crippen LogP contribution in [0.5, 0.6) is 5.75 Å². The Morgan fingerprint density at radius 2 is 1.85 bits per heavy atom. The number of allylic oxidation sites excluding steroid dienone is 1. The first kappa shape index (κ1) is 22.9. The van der Waals surface area contributed by atoms with Gasteiger partial charge in [-0.15, -0.1) is 0 Å². The molecule has 1 aromatic heterocycles. The SMILES string of the molecule is COCCOC(=O)C1=C(C)Nc2nc3ccccc3n2[C@@H]1c1ccc(OCCC(C)C)cc1. The summed E-state index contributed by atoms with van der Waals surface area (Å²) in [4.78, 5) is 17.9. The number of hydrogen-bond donors (Lipinski definition) is 1. The number of ether oxygens (including phenoxy) is 3. The summed E-state index contributed by atoms with van der Waals surface area (Å²) in [6, 6.07) is 15.5. The largest absolute Gasteiger partial charge is 0.494 e. The van der Waals surface area contributed by atoms with E-state index in [0.717, 1.165) is 34.5 Å². The third-order valence-corrected chi connectivity index (χ3v) is 5.73. The molecule has 0 aliphatic carbocycles. The molecule has 7 nitrogen and oxygen atoms in total. The smallest absolute Gasteiger partial charge is 0.338 e. The third kappa shape index (κ3) is 4.88. The fourth-order valence-electron chi connectivity index (χ4n) is 4.00. The Hall–Kier alpha value is -3.32. The number of rotatable bonds is 9. The van der Waals surface area contributed by atoms with Gasteiger partial charge in [-0.1, -0.05) is 38.1 Å². The second kappa shape index (κ2) is 10.1. The lowest BCUT2D eigenvalue weighted by Crippen LogP contribution is -2.29. The number of carbonyl (C=O) groups excluding carboxylic acids is 1. The van der Waals surface area contributed by atoms with E-state index in [9.17, 15) is 4.79 Å². The van der Waals surface area contributed by atoms with Gasteiger partial charge in [0.2, 0.25) is 5.95 Å². The van der Waals surface area contributed by atoms with Gasteiger partial charge < -0.3 is 19.5 Å². The van der Waals surface area contributed by atoms with Crippen LogP contribution in [0, 0.1) is 5.92 Å². The van der Waals surface area contributed by atoms with Gasteiger partial charge in [0, 0.05) is 12.8 Å². The predicted octanol–water partition coefficient (Wildman–Crippen LogP) is 4.94. The number of methoxy groups -OCH3 is 1. The number of hydrogen-bond acceptors (Lipinski definition) is 6. The van der Waals surface area contributed by atoms with Crippen LogP contribution in [-0.2, 0) is 14.3 Å². The third-order valence-electron chi connectivity index (χ3n) is 5.73. The molecule has 0 saturated carbocycles. The van der Waals surface area contributed by atoms with Gasteiger partial charge in [-0.25, -0.2) is 9.78 Å². The Kier molecular flexibility index (Phi) is 6.99. The molecular weight excluding hydrogens is 418 g/mol. The Balaban J connectivity index is 1.72. The van der Waals surface area contributed by atoms with Crippen molar-refractivity contribution in [3.63, 3.8) is 0 Å². The zero-order valence-corrected chi connectivity index (χ0v) is 19.6. The molecule has 3 aromatic rings. The molecule has 1 N–H and O–H groups in total. The van der Waals surface area contributed by atoms with E-state index >= 15 is 0 Å². The molecule has 0 radical (unpaired) electrons. The first-order chi connectivity index (χ1) is 16.0. The van der Waals surface area contributed by atoms with Crippen LogP contribution in [0.15, 0.2) is 59.8 Å². The van der Waals surface area contributed by atoms with Gasteiger partial charge >= 0.3 is 5.97 Å². The summed E-state index contributed by atoms with van der Waals surface area (Å²) in [5.74, 6) is 1.73. The van der Waals surface area contributed by atoms with E-state index in [4.69, 9.17) is 19.2 Å². The van der Waals surface area contributed by atoms with Crippen LogP contribution in [0.25, 0.3) is 11.0 Å². The van der Waals surface area contributed by atoms with Crippen molar-refractivity contribution in [2.24, 2.45) is 5.92 Å². The second-order valence-electron chi connectivity index (χ2n) is 8.59. The summed E-state index contributed by atoms with van der Waals surface area (Å²) in [7, 11) is 1.58. The minimum Gasteiger partial charge on any atom is -0.494 e. The summed E-state index contributed by atoms with van der Waals surface area (Å²) in [5, 5.41) is 3.29. The molecule has 0 saturated heterocycles. The molecule has 4 rings (SSSR count). The van der Waals surface area contributed by atoms with Crippen molar-refractivity contribution in [2.75, 3.05) is 32.2 Å². The zero-order valence-electron chi connectivity index (χ0n) is 19.6. The van der Waals surface area contributed by atoms with Crippen LogP contribution < -0.4 is 10.1 Å². The topological polar surface area (TPSA) is 74.6 Å². The minimum atomic E-state index is -0.381. The number of nitrogens with one attached hydrogen (secondary N) is 1. The van der Waals surface area contributed by atoms with Crippen LogP contribution in [-0.4, -0.2) is 42.5 Å². The molecule has 7 heteroatoms. The number of imidazole rings is 1. The minimum absolute atomic E-state index is 0.193. The van der Waals surface area contributed by atoms with Gasteiger partial charge in [-0.3, -0.25) is 4.57 Å². The van der Waals surface area contributed by atoms with E-state index in [-0.39, 0.29) is 18.6 Å². The normalized spacial score (nSPS) is 15.5. The Morgan fingerprint density at radius 3 is 2.58 bits per heavy atom. The molecule has 1 atom stereocenters. The molecule has 0 spiro atoms. The molecule has 0 unspecified atom stereocenters. The van der Waals surface area contributed by atoms with Crippen molar-refractivity contribution in [3.8, 4) is 5.75 Å². The quantitative estimate of drug-likeness (QED) is 0.368. The van der Waals surface area contributed by atoms with E-state index in [1.807, 2.05) is 55.5 Å². The fourth-order valence-corrected chi connectivity index (χ4v) is 4.00. The molecule has 1 aliphatic rings. The number of anilines is 1. The van der Waals surface area contributed by atoms with Crippen LogP contribution in [0.3, 0.4) is 0 Å². The van der Waals surface area contributed by atoms with E-state index in [0.29, 0.717) is 30.7 Å². The van der Waals surface area contributed by atoms with Crippen molar-refractivity contribution >= 4 is 23.0 Å². The highest BCUT2D eigenvalue weighted by molar-refractivity contribution is 5.94. The van der Waals surface area contributed by atoms with Crippen molar-refractivity contribution < 1.29 is 19.0 Å². The fraction of sp³-hybridized carbons (Fsp3) is 0.385. The molecule has 0 fully saturated rings. The first-order valence-electron chi connectivity index (χ1n) is 11.3. The summed E-state index contributed by atoms with van der Waals surface area (Å²) >= 11 is 0. The van der Waals surface area contributed by atoms with Crippen molar-refractivity contribution in [1.82, 2.24) is 9.55 Å². The molecule has 33 heavy (non-hydrogen) atoms. The molecule has 2 aromatic carbocycles. The van der Waals surface area contributed by atoms with E-state index in [1.165, 1.54) is 0 Å². The van der Waals surface area contributed by atoms with Gasteiger partial charge in [0.05, 0.1) is 35.9 Å². The molecule has 1 aliphatic heterocycles. The number of benzene rings is 2. The number of carbonyl (C=O) groups is 1. The lowest BCUT2D eigenvalue weighted by molar-refractivity contribution is -0.140. The van der Waals surface area contributed by atoms with Crippen molar-refractivity contribution in [1.29, 1.82) is 0 Å². The van der Waals surface area contributed by atoms with Gasteiger partial charge in [-0.05, 0) is 49.1 Å². The molecule has 2 heterocycles. The average Bonchev–Trinajstić information content (AvgIpc) is 3.16. The maximum absolute atomic E-state index is 13.2. The standard InChI is InChI=1S/C26H31N3O4/c1-17(2)13-14-32-20-11-9-19(10-12-20)24-23(25(30)33-16-15-31-4)18(3)27-26-28-21-7-5-6-8-22(21)29(24)26/h5-12,17,24H,13-16H2,1-4H3,(H,27,28)/t24-/m1/s1. The molecular formula is C26H31N3O4. The summed E-state index contributed by atoms with van der Waals surface area (Å²) < 4.78 is 18.5. The van der Waals surface area contributed by atoms with Crippen LogP contribution in [0.2, 0.25) is 0 Å². The Bertz CT molecular complexity index is 1150. The van der Waals surface area contributed by atoms with Crippen LogP contribution in [0.4, 0.5) is 5.95 Å². The number of nitrogens with zero attached hydrogens (tertiary/aromatic N) is 2. The lowest BCUT2D eigenvalue weighted by Gasteiger charge is -2.30. The average molecular weight is 450 g/mol. The summed E-state index contributed by atoms with van der Waals surface area (Å²) in [5.41, 5.74) is 4.03. The number of aromatic nitrogens is 2. The Labute approximate surface area is 194 Å².